The Labute approximate surface area is 253 Å². The van der Waals surface area contributed by atoms with Crippen LogP contribution in [0.1, 0.15) is 42.1 Å². The molecule has 220 valence electrons. The SMILES string of the molecule is COc1cc(C)c(-c2nc3ccccc3c(=O)n2N=Cc2c(C)n(-c3ccc([N+](=O)[O-])cn3)c3ccccc23)cc1C(C)C. The molecule has 3 aromatic carbocycles. The van der Waals surface area contributed by atoms with Crippen molar-refractivity contribution in [2.75, 3.05) is 7.11 Å². The van der Waals surface area contributed by atoms with E-state index < -0.39 is 4.92 Å². The maximum Gasteiger partial charge on any atom is 0.287 e. The van der Waals surface area contributed by atoms with Gasteiger partial charge in [-0.2, -0.15) is 9.78 Å². The summed E-state index contributed by atoms with van der Waals surface area (Å²) in [5.74, 6) is 1.91. The monoisotopic (exact) mass is 586 g/mol. The smallest absolute Gasteiger partial charge is 0.287 e. The summed E-state index contributed by atoms with van der Waals surface area (Å²) in [6.07, 6.45) is 2.91. The molecule has 0 saturated carbocycles. The van der Waals surface area contributed by atoms with Crippen LogP contribution in [0.25, 0.3) is 39.0 Å². The maximum atomic E-state index is 14.0. The lowest BCUT2D eigenvalue weighted by molar-refractivity contribution is -0.385. The number of benzene rings is 3. The Kier molecular flexibility index (Phi) is 7.26. The van der Waals surface area contributed by atoms with Crippen molar-refractivity contribution in [2.24, 2.45) is 5.10 Å². The van der Waals surface area contributed by atoms with Gasteiger partial charge in [-0.3, -0.25) is 19.5 Å². The molecule has 10 nitrogen and oxygen atoms in total. The Hall–Kier alpha value is -5.64. The number of hydrogen-bond acceptors (Lipinski definition) is 7. The first-order valence-corrected chi connectivity index (χ1v) is 14.2. The minimum atomic E-state index is -0.475. The highest BCUT2D eigenvalue weighted by Crippen LogP contribution is 2.34. The number of rotatable bonds is 7. The van der Waals surface area contributed by atoms with Crippen molar-refractivity contribution >= 4 is 33.7 Å². The second-order valence-corrected chi connectivity index (χ2v) is 10.9. The van der Waals surface area contributed by atoms with Crippen molar-refractivity contribution in [1.29, 1.82) is 0 Å². The van der Waals surface area contributed by atoms with E-state index in [1.54, 1.807) is 25.5 Å². The first-order valence-electron chi connectivity index (χ1n) is 14.2. The van der Waals surface area contributed by atoms with Crippen LogP contribution >= 0.6 is 0 Å². The van der Waals surface area contributed by atoms with E-state index in [0.29, 0.717) is 22.5 Å². The second-order valence-electron chi connectivity index (χ2n) is 10.9. The third-order valence-electron chi connectivity index (χ3n) is 7.83. The fourth-order valence-corrected chi connectivity index (χ4v) is 5.56. The van der Waals surface area contributed by atoms with Gasteiger partial charge in [0.25, 0.3) is 11.2 Å². The van der Waals surface area contributed by atoms with Crippen LogP contribution in [0.5, 0.6) is 5.75 Å². The Morgan fingerprint density at radius 3 is 2.41 bits per heavy atom. The van der Waals surface area contributed by atoms with Crippen LogP contribution in [0.4, 0.5) is 5.69 Å². The number of aromatic nitrogens is 4. The van der Waals surface area contributed by atoms with Crippen LogP contribution in [0.3, 0.4) is 0 Å². The molecule has 0 saturated heterocycles. The summed E-state index contributed by atoms with van der Waals surface area (Å²) in [5, 5.41) is 17.3. The fraction of sp³-hybridized carbons (Fsp3) is 0.176. The molecule has 0 aliphatic carbocycles. The maximum absolute atomic E-state index is 14.0. The van der Waals surface area contributed by atoms with Gasteiger partial charge in [0.15, 0.2) is 5.82 Å². The zero-order valence-corrected chi connectivity index (χ0v) is 25.0. The molecule has 0 bridgehead atoms. The van der Waals surface area contributed by atoms with Crippen molar-refractivity contribution in [1.82, 2.24) is 19.2 Å². The van der Waals surface area contributed by atoms with Crippen LogP contribution in [0, 0.1) is 24.0 Å². The third kappa shape index (κ3) is 4.80. The summed E-state index contributed by atoms with van der Waals surface area (Å²) in [6.45, 7) is 8.07. The summed E-state index contributed by atoms with van der Waals surface area (Å²) < 4.78 is 8.94. The summed E-state index contributed by atoms with van der Waals surface area (Å²) >= 11 is 0. The summed E-state index contributed by atoms with van der Waals surface area (Å²) in [7, 11) is 1.65. The molecule has 6 aromatic rings. The van der Waals surface area contributed by atoms with E-state index >= 15 is 0 Å². The Balaban J connectivity index is 1.58. The van der Waals surface area contributed by atoms with Crippen molar-refractivity contribution in [2.45, 2.75) is 33.6 Å². The van der Waals surface area contributed by atoms with E-state index in [2.05, 4.69) is 18.8 Å². The number of pyridine rings is 1. The van der Waals surface area contributed by atoms with Gasteiger partial charge in [0, 0.05) is 28.3 Å². The number of methoxy groups -OCH3 is 1. The molecular weight excluding hydrogens is 556 g/mol. The lowest BCUT2D eigenvalue weighted by atomic mass is 9.96. The molecule has 0 radical (unpaired) electrons. The summed E-state index contributed by atoms with van der Waals surface area (Å²) in [4.78, 5) is 34.0. The number of para-hydroxylation sites is 2. The molecule has 10 heteroatoms. The average Bonchev–Trinajstić information content (AvgIpc) is 3.31. The molecule has 0 fully saturated rings. The van der Waals surface area contributed by atoms with Gasteiger partial charge in [-0.25, -0.2) is 9.97 Å². The van der Waals surface area contributed by atoms with Crippen molar-refractivity contribution in [3.05, 3.63) is 122 Å². The fourth-order valence-electron chi connectivity index (χ4n) is 5.56. The summed E-state index contributed by atoms with van der Waals surface area (Å²) in [6, 6.07) is 22.0. The molecule has 44 heavy (non-hydrogen) atoms. The molecular formula is C34H30N6O4. The average molecular weight is 587 g/mol. The van der Waals surface area contributed by atoms with Crippen LogP contribution in [-0.4, -0.2) is 37.5 Å². The highest BCUT2D eigenvalue weighted by Gasteiger charge is 2.20. The zero-order valence-electron chi connectivity index (χ0n) is 25.0. The van der Waals surface area contributed by atoms with Gasteiger partial charge in [-0.05, 0) is 67.3 Å². The van der Waals surface area contributed by atoms with Crippen LogP contribution in [0.15, 0.2) is 88.9 Å². The minimum absolute atomic E-state index is 0.0881. The molecule has 0 atom stereocenters. The van der Waals surface area contributed by atoms with E-state index in [1.807, 2.05) is 73.0 Å². The predicted octanol–water partition coefficient (Wildman–Crippen LogP) is 6.94. The van der Waals surface area contributed by atoms with E-state index in [1.165, 1.54) is 16.9 Å². The predicted molar refractivity (Wildman–Crippen MR) is 172 cm³/mol. The normalized spacial score (nSPS) is 11.7. The van der Waals surface area contributed by atoms with E-state index in [0.717, 1.165) is 44.6 Å². The van der Waals surface area contributed by atoms with Gasteiger partial charge in [0.2, 0.25) is 0 Å². The van der Waals surface area contributed by atoms with Gasteiger partial charge < -0.3 is 4.74 Å². The highest BCUT2D eigenvalue weighted by atomic mass is 16.6. The number of nitrogens with zero attached hydrogens (tertiary/aromatic N) is 6. The number of hydrogen-bond donors (Lipinski definition) is 0. The molecule has 0 aliphatic rings. The molecule has 0 amide bonds. The van der Waals surface area contributed by atoms with Gasteiger partial charge >= 0.3 is 0 Å². The molecule has 3 aromatic heterocycles. The lowest BCUT2D eigenvalue weighted by Crippen LogP contribution is -2.21. The Morgan fingerprint density at radius 1 is 1.00 bits per heavy atom. The quantitative estimate of drug-likeness (QED) is 0.114. The Bertz CT molecular complexity index is 2160. The van der Waals surface area contributed by atoms with E-state index in [9.17, 15) is 14.9 Å². The molecule has 0 unspecified atom stereocenters. The summed E-state index contributed by atoms with van der Waals surface area (Å²) in [5.41, 5.74) is 5.32. The topological polar surface area (TPSA) is 117 Å². The lowest BCUT2D eigenvalue weighted by Gasteiger charge is -2.17. The zero-order chi connectivity index (χ0) is 31.1. The minimum Gasteiger partial charge on any atom is -0.496 e. The van der Waals surface area contributed by atoms with Crippen molar-refractivity contribution in [3.8, 4) is 23.0 Å². The number of ether oxygens (including phenoxy) is 1. The Morgan fingerprint density at radius 2 is 1.73 bits per heavy atom. The standard InChI is InChI=1S/C34H30N6O4/c1-20(2)26-17-27(21(3)16-31(26)44-5)33-37-29-12-8-6-11-25(29)34(41)39(33)36-19-28-22(4)38(30-13-9-7-10-24(28)30)32-15-14-23(18-35-32)40(42)43/h6-20H,1-5H3. The first-order chi connectivity index (χ1) is 21.2. The van der Waals surface area contributed by atoms with Crippen LogP contribution in [-0.2, 0) is 0 Å². The van der Waals surface area contributed by atoms with E-state index in [-0.39, 0.29) is 17.2 Å². The van der Waals surface area contributed by atoms with Gasteiger partial charge in [-0.15, -0.1) is 0 Å². The molecule has 0 N–H and O–H groups in total. The van der Waals surface area contributed by atoms with Crippen molar-refractivity contribution in [3.63, 3.8) is 0 Å². The number of nitro groups is 1. The highest BCUT2D eigenvalue weighted by molar-refractivity contribution is 6.02. The van der Waals surface area contributed by atoms with Crippen LogP contribution in [0.2, 0.25) is 0 Å². The largest absolute Gasteiger partial charge is 0.496 e. The number of fused-ring (bicyclic) bond motifs is 2. The van der Waals surface area contributed by atoms with Gasteiger partial charge in [0.05, 0.1) is 34.7 Å². The second kappa shape index (κ2) is 11.2. The van der Waals surface area contributed by atoms with E-state index in [4.69, 9.17) is 14.8 Å². The van der Waals surface area contributed by atoms with Gasteiger partial charge in [0.1, 0.15) is 17.8 Å². The number of aryl methyl sites for hydroxylation is 1. The molecule has 0 spiro atoms. The molecule has 0 aliphatic heterocycles. The van der Waals surface area contributed by atoms with Crippen LogP contribution < -0.4 is 10.3 Å². The van der Waals surface area contributed by atoms with Crippen molar-refractivity contribution < 1.29 is 9.66 Å². The molecule has 6 rings (SSSR count). The molecule has 3 heterocycles. The van der Waals surface area contributed by atoms with Gasteiger partial charge in [-0.1, -0.05) is 44.2 Å². The third-order valence-corrected chi connectivity index (χ3v) is 7.83. The first kappa shape index (κ1) is 28.5.